The predicted molar refractivity (Wildman–Crippen MR) is 52.9 cm³/mol. The average molecular weight is 173 g/mol. The molecule has 0 aliphatic carbocycles. The summed E-state index contributed by atoms with van der Waals surface area (Å²) >= 11 is 2.14. The summed E-state index contributed by atoms with van der Waals surface area (Å²) in [5, 5.41) is 0.874. The molecule has 2 heteroatoms. The number of nitrogens with two attached hydrogens (primary N) is 1. The van der Waals surface area contributed by atoms with Gasteiger partial charge in [-0.1, -0.05) is 19.8 Å². The van der Waals surface area contributed by atoms with Gasteiger partial charge in [-0.05, 0) is 31.1 Å². The molecule has 2 atom stereocenters. The first-order valence-corrected chi connectivity index (χ1v) is 5.75. The van der Waals surface area contributed by atoms with Crippen molar-refractivity contribution in [1.29, 1.82) is 0 Å². The summed E-state index contributed by atoms with van der Waals surface area (Å²) in [6, 6.07) is 0. The highest BCUT2D eigenvalue weighted by molar-refractivity contribution is 7.99. The Labute approximate surface area is 74.1 Å². The van der Waals surface area contributed by atoms with E-state index in [0.717, 1.165) is 17.7 Å². The zero-order chi connectivity index (χ0) is 8.10. The fraction of sp³-hybridized carbons (Fsp3) is 1.00. The third-order valence-corrected chi connectivity index (χ3v) is 4.14. The normalized spacial score (nSPS) is 28.4. The van der Waals surface area contributed by atoms with Crippen LogP contribution < -0.4 is 5.73 Å². The smallest absolute Gasteiger partial charge is 0.00872 e. The molecular formula is C9H19NS. The molecule has 2 N–H and O–H groups in total. The van der Waals surface area contributed by atoms with Crippen molar-refractivity contribution in [2.24, 2.45) is 11.7 Å². The lowest BCUT2D eigenvalue weighted by atomic mass is 9.98. The molecule has 0 aromatic heterocycles. The van der Waals surface area contributed by atoms with Crippen LogP contribution in [0.5, 0.6) is 0 Å². The standard InChI is InChI=1S/C9H19NS/c1-2-8(7-10)9-5-3-4-6-11-9/h8-9H,2-7,10H2,1H3. The first-order chi connectivity index (χ1) is 5.38. The second-order valence-electron chi connectivity index (χ2n) is 3.31. The second-order valence-corrected chi connectivity index (χ2v) is 4.66. The van der Waals surface area contributed by atoms with Gasteiger partial charge in [-0.2, -0.15) is 11.8 Å². The van der Waals surface area contributed by atoms with E-state index in [4.69, 9.17) is 5.73 Å². The molecule has 2 unspecified atom stereocenters. The molecule has 1 saturated heterocycles. The van der Waals surface area contributed by atoms with Gasteiger partial charge in [0.1, 0.15) is 0 Å². The summed E-state index contributed by atoms with van der Waals surface area (Å²) in [7, 11) is 0. The molecule has 11 heavy (non-hydrogen) atoms. The van der Waals surface area contributed by atoms with Crippen LogP contribution in [-0.2, 0) is 0 Å². The fourth-order valence-electron chi connectivity index (χ4n) is 1.72. The fourth-order valence-corrected chi connectivity index (χ4v) is 3.30. The zero-order valence-electron chi connectivity index (χ0n) is 7.38. The van der Waals surface area contributed by atoms with Crippen LogP contribution in [0.15, 0.2) is 0 Å². The molecule has 1 nitrogen and oxygen atoms in total. The number of thioether (sulfide) groups is 1. The van der Waals surface area contributed by atoms with Crippen LogP contribution >= 0.6 is 11.8 Å². The Balaban J connectivity index is 2.30. The van der Waals surface area contributed by atoms with Crippen LogP contribution in [0.4, 0.5) is 0 Å². The summed E-state index contributed by atoms with van der Waals surface area (Å²) in [6.45, 7) is 3.14. The molecule has 0 aromatic rings. The van der Waals surface area contributed by atoms with Gasteiger partial charge >= 0.3 is 0 Å². The Morgan fingerprint density at radius 3 is 2.82 bits per heavy atom. The van der Waals surface area contributed by atoms with E-state index in [9.17, 15) is 0 Å². The van der Waals surface area contributed by atoms with E-state index in [-0.39, 0.29) is 0 Å². The van der Waals surface area contributed by atoms with E-state index >= 15 is 0 Å². The molecule has 1 heterocycles. The molecule has 1 aliphatic heterocycles. The Hall–Kier alpha value is 0.310. The van der Waals surface area contributed by atoms with Gasteiger partial charge < -0.3 is 5.73 Å². The van der Waals surface area contributed by atoms with Gasteiger partial charge in [0.2, 0.25) is 0 Å². The minimum atomic E-state index is 0.778. The molecule has 0 spiro atoms. The largest absolute Gasteiger partial charge is 0.330 e. The van der Waals surface area contributed by atoms with Crippen molar-refractivity contribution < 1.29 is 0 Å². The zero-order valence-corrected chi connectivity index (χ0v) is 8.20. The first kappa shape index (κ1) is 9.40. The predicted octanol–water partition coefficient (Wildman–Crippen LogP) is 2.26. The number of hydrogen-bond acceptors (Lipinski definition) is 2. The number of rotatable bonds is 3. The maximum atomic E-state index is 5.70. The molecule has 1 fully saturated rings. The van der Waals surface area contributed by atoms with Gasteiger partial charge in [0, 0.05) is 5.25 Å². The van der Waals surface area contributed by atoms with Crippen molar-refractivity contribution in [3.05, 3.63) is 0 Å². The van der Waals surface area contributed by atoms with E-state index in [2.05, 4.69) is 18.7 Å². The van der Waals surface area contributed by atoms with Crippen LogP contribution in [0.2, 0.25) is 0 Å². The van der Waals surface area contributed by atoms with Gasteiger partial charge in [-0.25, -0.2) is 0 Å². The van der Waals surface area contributed by atoms with Crippen molar-refractivity contribution in [3.63, 3.8) is 0 Å². The summed E-state index contributed by atoms with van der Waals surface area (Å²) < 4.78 is 0. The number of hydrogen-bond donors (Lipinski definition) is 1. The van der Waals surface area contributed by atoms with E-state index in [1.54, 1.807) is 0 Å². The monoisotopic (exact) mass is 173 g/mol. The Bertz CT molecular complexity index is 95.7. The second kappa shape index (κ2) is 5.04. The molecule has 1 aliphatic rings. The molecule has 0 saturated carbocycles. The third kappa shape index (κ3) is 2.68. The maximum Gasteiger partial charge on any atom is 0.00872 e. The lowest BCUT2D eigenvalue weighted by Gasteiger charge is -2.27. The minimum absolute atomic E-state index is 0.778. The van der Waals surface area contributed by atoms with E-state index in [1.165, 1.54) is 31.4 Å². The average Bonchev–Trinajstić information content (AvgIpc) is 2.09. The van der Waals surface area contributed by atoms with Crippen molar-refractivity contribution in [2.75, 3.05) is 12.3 Å². The maximum absolute atomic E-state index is 5.70. The third-order valence-electron chi connectivity index (χ3n) is 2.57. The molecule has 0 radical (unpaired) electrons. The van der Waals surface area contributed by atoms with Crippen LogP contribution in [0, 0.1) is 5.92 Å². The summed E-state index contributed by atoms with van der Waals surface area (Å²) in [5.74, 6) is 2.14. The van der Waals surface area contributed by atoms with Crippen molar-refractivity contribution in [1.82, 2.24) is 0 Å². The highest BCUT2D eigenvalue weighted by Crippen LogP contribution is 2.31. The van der Waals surface area contributed by atoms with Crippen LogP contribution in [-0.4, -0.2) is 17.5 Å². The topological polar surface area (TPSA) is 26.0 Å². The highest BCUT2D eigenvalue weighted by atomic mass is 32.2. The van der Waals surface area contributed by atoms with Crippen molar-refractivity contribution in [3.8, 4) is 0 Å². The molecule has 66 valence electrons. The van der Waals surface area contributed by atoms with Crippen molar-refractivity contribution in [2.45, 2.75) is 37.9 Å². The lowest BCUT2D eigenvalue weighted by Crippen LogP contribution is -2.27. The van der Waals surface area contributed by atoms with Crippen LogP contribution in [0.1, 0.15) is 32.6 Å². The van der Waals surface area contributed by atoms with Crippen LogP contribution in [0.3, 0.4) is 0 Å². The minimum Gasteiger partial charge on any atom is -0.330 e. The summed E-state index contributed by atoms with van der Waals surface area (Å²) in [6.07, 6.45) is 5.50. The summed E-state index contributed by atoms with van der Waals surface area (Å²) in [5.41, 5.74) is 5.70. The van der Waals surface area contributed by atoms with E-state index in [0.29, 0.717) is 0 Å². The van der Waals surface area contributed by atoms with Gasteiger partial charge in [0.15, 0.2) is 0 Å². The molecular weight excluding hydrogens is 154 g/mol. The Morgan fingerprint density at radius 1 is 1.55 bits per heavy atom. The first-order valence-electron chi connectivity index (χ1n) is 4.70. The molecule has 0 amide bonds. The van der Waals surface area contributed by atoms with Gasteiger partial charge in [0.25, 0.3) is 0 Å². The van der Waals surface area contributed by atoms with Gasteiger partial charge in [-0.15, -0.1) is 0 Å². The Morgan fingerprint density at radius 2 is 2.36 bits per heavy atom. The van der Waals surface area contributed by atoms with E-state index < -0.39 is 0 Å². The van der Waals surface area contributed by atoms with Crippen LogP contribution in [0.25, 0.3) is 0 Å². The summed E-state index contributed by atoms with van der Waals surface area (Å²) in [4.78, 5) is 0. The van der Waals surface area contributed by atoms with E-state index in [1.807, 2.05) is 0 Å². The van der Waals surface area contributed by atoms with Gasteiger partial charge in [-0.3, -0.25) is 0 Å². The Kier molecular flexibility index (Phi) is 4.31. The SMILES string of the molecule is CCC(CN)C1CCCCS1. The quantitative estimate of drug-likeness (QED) is 0.708. The van der Waals surface area contributed by atoms with Gasteiger partial charge in [0.05, 0.1) is 0 Å². The highest BCUT2D eigenvalue weighted by Gasteiger charge is 2.21. The molecule has 1 rings (SSSR count). The molecule has 0 aromatic carbocycles. The van der Waals surface area contributed by atoms with Crippen molar-refractivity contribution >= 4 is 11.8 Å². The molecule has 0 bridgehead atoms. The lowest BCUT2D eigenvalue weighted by molar-refractivity contribution is 0.461.